The van der Waals surface area contributed by atoms with Crippen molar-refractivity contribution in [2.45, 2.75) is 25.3 Å². The first-order chi connectivity index (χ1) is 9.46. The lowest BCUT2D eigenvalue weighted by Gasteiger charge is -2.23. The minimum Gasteiger partial charge on any atom is -0.326 e. The molecular weight excluding hydrogens is 310 g/mol. The van der Waals surface area contributed by atoms with Crippen molar-refractivity contribution in [3.05, 3.63) is 35.9 Å². The van der Waals surface area contributed by atoms with Gasteiger partial charge in [-0.1, -0.05) is 37.3 Å². The molecule has 1 heterocycles. The highest BCUT2D eigenvalue weighted by Crippen LogP contribution is 2.28. The van der Waals surface area contributed by atoms with Gasteiger partial charge < -0.3 is 5.73 Å². The summed E-state index contributed by atoms with van der Waals surface area (Å²) in [7, 11) is -1.76. The first kappa shape index (κ1) is 18.4. The molecule has 0 aliphatic carbocycles. The van der Waals surface area contributed by atoms with Crippen molar-refractivity contribution in [2.75, 3.05) is 26.7 Å². The Morgan fingerprint density at radius 2 is 1.90 bits per heavy atom. The summed E-state index contributed by atoms with van der Waals surface area (Å²) in [5.41, 5.74) is 7.25. The molecular formula is C14H24ClN3O2S. The van der Waals surface area contributed by atoms with Gasteiger partial charge in [0, 0.05) is 38.6 Å². The van der Waals surface area contributed by atoms with Crippen molar-refractivity contribution < 1.29 is 8.42 Å². The van der Waals surface area contributed by atoms with Gasteiger partial charge in [-0.25, -0.2) is 0 Å². The van der Waals surface area contributed by atoms with E-state index in [4.69, 9.17) is 5.73 Å². The molecule has 0 bridgehead atoms. The van der Waals surface area contributed by atoms with E-state index in [1.165, 1.54) is 8.61 Å². The smallest absolute Gasteiger partial charge is 0.281 e. The number of rotatable bonds is 5. The van der Waals surface area contributed by atoms with Gasteiger partial charge in [0.15, 0.2) is 0 Å². The molecule has 1 aliphatic rings. The molecule has 0 aromatic heterocycles. The third kappa shape index (κ3) is 3.96. The molecule has 1 fully saturated rings. The summed E-state index contributed by atoms with van der Waals surface area (Å²) in [6.07, 6.45) is 0.803. The van der Waals surface area contributed by atoms with Crippen LogP contribution in [0.3, 0.4) is 0 Å². The summed E-state index contributed by atoms with van der Waals surface area (Å²) < 4.78 is 27.8. The van der Waals surface area contributed by atoms with E-state index in [2.05, 4.69) is 0 Å². The maximum absolute atomic E-state index is 12.4. The maximum Gasteiger partial charge on any atom is 0.281 e. The Morgan fingerprint density at radius 3 is 2.48 bits per heavy atom. The third-order valence-electron chi connectivity index (χ3n) is 3.82. The monoisotopic (exact) mass is 333 g/mol. The van der Waals surface area contributed by atoms with Crippen LogP contribution in [-0.4, -0.2) is 49.8 Å². The molecule has 2 N–H and O–H groups in total. The average molecular weight is 334 g/mol. The molecule has 1 aliphatic heterocycles. The minimum atomic E-state index is -3.39. The van der Waals surface area contributed by atoms with Gasteiger partial charge in [0.1, 0.15) is 0 Å². The second-order valence-corrected chi connectivity index (χ2v) is 7.36. The zero-order chi connectivity index (χ0) is 14.8. The molecule has 0 spiro atoms. The molecule has 7 heteroatoms. The van der Waals surface area contributed by atoms with E-state index in [1.54, 1.807) is 7.05 Å². The first-order valence-electron chi connectivity index (χ1n) is 6.98. The fourth-order valence-electron chi connectivity index (χ4n) is 2.66. The lowest BCUT2D eigenvalue weighted by molar-refractivity contribution is 0.391. The maximum atomic E-state index is 12.4. The van der Waals surface area contributed by atoms with Crippen LogP contribution >= 0.6 is 12.4 Å². The standard InChI is InChI=1S/C14H23N3O2S.ClH/c1-3-9-16(2)20(18,19)17-10-13(14(15)11-17)12-7-5-4-6-8-12;/h4-8,13-14H,3,9-11,15H2,1-2H3;1H/t13-,14+;/m0./s1. The van der Waals surface area contributed by atoms with Crippen LogP contribution in [0.25, 0.3) is 0 Å². The molecule has 5 nitrogen and oxygen atoms in total. The van der Waals surface area contributed by atoms with Crippen LogP contribution in [0.5, 0.6) is 0 Å². The third-order valence-corrected chi connectivity index (χ3v) is 5.74. The highest BCUT2D eigenvalue weighted by molar-refractivity contribution is 7.86. The van der Waals surface area contributed by atoms with Crippen LogP contribution in [0.15, 0.2) is 30.3 Å². The molecule has 0 radical (unpaired) electrons. The van der Waals surface area contributed by atoms with Crippen LogP contribution in [0.4, 0.5) is 0 Å². The zero-order valence-electron chi connectivity index (χ0n) is 12.5. The van der Waals surface area contributed by atoms with E-state index in [9.17, 15) is 8.42 Å². The van der Waals surface area contributed by atoms with E-state index in [0.717, 1.165) is 12.0 Å². The molecule has 120 valence electrons. The molecule has 0 saturated carbocycles. The van der Waals surface area contributed by atoms with Gasteiger partial charge in [-0.2, -0.15) is 17.0 Å². The van der Waals surface area contributed by atoms with Gasteiger partial charge in [-0.15, -0.1) is 12.4 Å². The number of nitrogens with zero attached hydrogens (tertiary/aromatic N) is 2. The van der Waals surface area contributed by atoms with E-state index in [0.29, 0.717) is 19.6 Å². The minimum absolute atomic E-state index is 0. The largest absolute Gasteiger partial charge is 0.326 e. The summed E-state index contributed by atoms with van der Waals surface area (Å²) in [5.74, 6) is 0.0704. The molecule has 2 atom stereocenters. The Morgan fingerprint density at radius 1 is 1.29 bits per heavy atom. The lowest BCUT2D eigenvalue weighted by Crippen LogP contribution is -2.41. The number of nitrogens with two attached hydrogens (primary N) is 1. The van der Waals surface area contributed by atoms with Crippen LogP contribution in [0.2, 0.25) is 0 Å². The summed E-state index contributed by atoms with van der Waals surface area (Å²) in [6.45, 7) is 3.34. The highest BCUT2D eigenvalue weighted by Gasteiger charge is 2.39. The van der Waals surface area contributed by atoms with Crippen molar-refractivity contribution in [3.63, 3.8) is 0 Å². The van der Waals surface area contributed by atoms with E-state index >= 15 is 0 Å². The highest BCUT2D eigenvalue weighted by atomic mass is 35.5. The van der Waals surface area contributed by atoms with Crippen molar-refractivity contribution >= 4 is 22.6 Å². The Kier molecular flexibility index (Phi) is 6.62. The van der Waals surface area contributed by atoms with Crippen LogP contribution < -0.4 is 5.73 Å². The fraction of sp³-hybridized carbons (Fsp3) is 0.571. The van der Waals surface area contributed by atoms with Gasteiger partial charge in [0.2, 0.25) is 0 Å². The van der Waals surface area contributed by atoms with E-state index < -0.39 is 10.2 Å². The van der Waals surface area contributed by atoms with Gasteiger partial charge in [0.05, 0.1) is 0 Å². The average Bonchev–Trinajstić information content (AvgIpc) is 2.83. The predicted octanol–water partition coefficient (Wildman–Crippen LogP) is 1.42. The first-order valence-corrected chi connectivity index (χ1v) is 8.38. The molecule has 1 aromatic carbocycles. The van der Waals surface area contributed by atoms with Gasteiger partial charge in [-0.05, 0) is 12.0 Å². The Balaban J connectivity index is 0.00000220. The Hall–Kier alpha value is -0.660. The van der Waals surface area contributed by atoms with Crippen LogP contribution in [0.1, 0.15) is 24.8 Å². The van der Waals surface area contributed by atoms with Crippen molar-refractivity contribution in [2.24, 2.45) is 5.73 Å². The Bertz CT molecular complexity index is 538. The Labute approximate surface area is 133 Å². The molecule has 0 amide bonds. The van der Waals surface area contributed by atoms with Gasteiger partial charge in [-0.3, -0.25) is 0 Å². The molecule has 2 rings (SSSR count). The van der Waals surface area contributed by atoms with Gasteiger partial charge in [0.25, 0.3) is 10.2 Å². The van der Waals surface area contributed by atoms with Crippen LogP contribution in [-0.2, 0) is 10.2 Å². The van der Waals surface area contributed by atoms with Crippen LogP contribution in [0, 0.1) is 0 Å². The SMILES string of the molecule is CCCN(C)S(=O)(=O)N1C[C@@H](N)[C@H](c2ccccc2)C1.Cl. The van der Waals surface area contributed by atoms with Gasteiger partial charge >= 0.3 is 0 Å². The normalized spacial score (nSPS) is 23.2. The number of hydrogen-bond donors (Lipinski definition) is 1. The topological polar surface area (TPSA) is 66.6 Å². The summed E-state index contributed by atoms with van der Waals surface area (Å²) in [6, 6.07) is 9.74. The molecule has 21 heavy (non-hydrogen) atoms. The molecule has 1 saturated heterocycles. The van der Waals surface area contributed by atoms with Crippen molar-refractivity contribution in [1.82, 2.24) is 8.61 Å². The zero-order valence-corrected chi connectivity index (χ0v) is 14.1. The summed E-state index contributed by atoms with van der Waals surface area (Å²) >= 11 is 0. The predicted molar refractivity (Wildman–Crippen MR) is 87.8 cm³/mol. The summed E-state index contributed by atoms with van der Waals surface area (Å²) in [4.78, 5) is 0. The lowest BCUT2D eigenvalue weighted by atomic mass is 9.95. The fourth-order valence-corrected chi connectivity index (χ4v) is 4.18. The summed E-state index contributed by atoms with van der Waals surface area (Å²) in [5, 5.41) is 0. The quantitative estimate of drug-likeness (QED) is 0.886. The second-order valence-electron chi connectivity index (χ2n) is 5.33. The van der Waals surface area contributed by atoms with Crippen molar-refractivity contribution in [3.8, 4) is 0 Å². The number of benzene rings is 1. The molecule has 0 unspecified atom stereocenters. The molecule has 1 aromatic rings. The van der Waals surface area contributed by atoms with E-state index in [1.807, 2.05) is 37.3 Å². The second kappa shape index (κ2) is 7.56. The number of halogens is 1. The number of hydrogen-bond acceptors (Lipinski definition) is 3. The van der Waals surface area contributed by atoms with E-state index in [-0.39, 0.29) is 24.4 Å². The van der Waals surface area contributed by atoms with Crippen molar-refractivity contribution in [1.29, 1.82) is 0 Å².